The molecule has 1 aliphatic heterocycles. The summed E-state index contributed by atoms with van der Waals surface area (Å²) in [5, 5.41) is 11.2. The first kappa shape index (κ1) is 32.6. The summed E-state index contributed by atoms with van der Waals surface area (Å²) >= 11 is 1.39. The van der Waals surface area contributed by atoms with Crippen molar-refractivity contribution >= 4 is 64.0 Å². The van der Waals surface area contributed by atoms with Gasteiger partial charge in [-0.05, 0) is 41.5 Å². The number of aromatic nitrogens is 2. The lowest BCUT2D eigenvalue weighted by Gasteiger charge is -2.39. The molecule has 0 aliphatic carbocycles. The van der Waals surface area contributed by atoms with Gasteiger partial charge in [-0.3, -0.25) is 28.1 Å². The van der Waals surface area contributed by atoms with Crippen molar-refractivity contribution in [1.82, 2.24) is 9.78 Å². The third kappa shape index (κ3) is 6.92. The Balaban J connectivity index is 1.97. The number of carbonyl (C=O) groups is 2. The number of hydrogen-bond donors (Lipinski definition) is 3. The molecule has 0 fully saturated rings. The van der Waals surface area contributed by atoms with Crippen LogP contribution in [0.2, 0.25) is 0 Å². The number of esters is 1. The second-order valence-corrected chi connectivity index (χ2v) is 15.9. The highest BCUT2D eigenvalue weighted by Gasteiger charge is 2.37. The normalized spacial score (nSPS) is 17.0. The number of amidine groups is 1. The van der Waals surface area contributed by atoms with Crippen LogP contribution in [0.15, 0.2) is 44.6 Å². The van der Waals surface area contributed by atoms with Crippen LogP contribution < -0.4 is 25.2 Å². The quantitative estimate of drug-likeness (QED) is 0.214. The maximum absolute atomic E-state index is 14.2. The van der Waals surface area contributed by atoms with E-state index >= 15 is 0 Å². The van der Waals surface area contributed by atoms with Crippen LogP contribution in [0.25, 0.3) is 11.3 Å². The second-order valence-electron chi connectivity index (χ2n) is 11.1. The number of thiophene rings is 1. The maximum atomic E-state index is 14.2. The Bertz CT molecular complexity index is 1710. The highest BCUT2D eigenvalue weighted by atomic mass is 32.3. The van der Waals surface area contributed by atoms with Crippen LogP contribution in [0.4, 0.5) is 11.4 Å². The molecule has 3 N–H and O–H groups in total. The first-order valence-electron chi connectivity index (χ1n) is 13.0. The van der Waals surface area contributed by atoms with E-state index in [-0.39, 0.29) is 51.5 Å². The lowest BCUT2D eigenvalue weighted by Crippen LogP contribution is -2.36. The van der Waals surface area contributed by atoms with Crippen LogP contribution in [0.5, 0.6) is 5.75 Å². The minimum atomic E-state index is -4.13. The molecule has 0 bridgehead atoms. The van der Waals surface area contributed by atoms with E-state index in [1.54, 1.807) is 11.4 Å². The molecule has 4 rings (SSSR count). The zero-order valence-electron chi connectivity index (χ0n) is 24.8. The van der Waals surface area contributed by atoms with Crippen molar-refractivity contribution in [1.29, 1.82) is 0 Å². The number of rotatable bonds is 8. The highest BCUT2D eigenvalue weighted by molar-refractivity contribution is 8.25. The zero-order valence-corrected chi connectivity index (χ0v) is 27.3. The van der Waals surface area contributed by atoms with Gasteiger partial charge in [0.2, 0.25) is 5.91 Å². The fourth-order valence-corrected chi connectivity index (χ4v) is 7.56. The summed E-state index contributed by atoms with van der Waals surface area (Å²) in [6.07, 6.45) is 1.69. The van der Waals surface area contributed by atoms with Gasteiger partial charge in [0.05, 0.1) is 16.7 Å². The number of nitrogens with one attached hydrogen (secondary N) is 1. The van der Waals surface area contributed by atoms with E-state index < -0.39 is 35.7 Å². The SMILES string of the molecule is COP1(=O)N=C(c2c(OC(C)=O)c(-c3ccsc3)nn(CCC(C)(C)C)c2=O)Nc2ccc(N(C(C)=O)S(C)(O)O)cc21. The molecular formula is C27H34N5O8PS2. The Morgan fingerprint density at radius 2 is 1.91 bits per heavy atom. The summed E-state index contributed by atoms with van der Waals surface area (Å²) in [4.78, 5) is 38.6. The molecule has 2 aromatic heterocycles. The number of hydrogen-bond acceptors (Lipinski definition) is 11. The van der Waals surface area contributed by atoms with E-state index in [0.29, 0.717) is 12.0 Å². The van der Waals surface area contributed by atoms with Gasteiger partial charge in [0.15, 0.2) is 11.6 Å². The van der Waals surface area contributed by atoms with Gasteiger partial charge in [-0.15, -0.1) is 10.8 Å². The molecule has 1 aliphatic rings. The number of aryl methyl sites for hydroxylation is 1. The standard InChI is InChI=1S/C27H34N5O8PS2/c1-16(33)32(43(7,37)38)19-8-9-20-21(14-19)41(36,39-6)30-25(28-20)22-24(40-17(2)34)23(18-10-13-42-15-18)29-31(26(22)35)12-11-27(3,4)5/h8-10,13-15,37-38H,11-12H2,1-7H3,(H,28,30,36). The first-order chi connectivity index (χ1) is 19.9. The van der Waals surface area contributed by atoms with Gasteiger partial charge in [-0.25, -0.2) is 8.99 Å². The molecule has 232 valence electrons. The molecule has 3 aromatic rings. The molecule has 13 nitrogen and oxygen atoms in total. The van der Waals surface area contributed by atoms with Crippen molar-refractivity contribution in [3.63, 3.8) is 0 Å². The van der Waals surface area contributed by atoms with Crippen molar-refractivity contribution in [3.05, 3.63) is 50.9 Å². The fraction of sp³-hybridized carbons (Fsp3) is 0.370. The molecule has 0 saturated carbocycles. The Morgan fingerprint density at radius 1 is 1.21 bits per heavy atom. The molecule has 43 heavy (non-hydrogen) atoms. The predicted molar refractivity (Wildman–Crippen MR) is 170 cm³/mol. The average molecular weight is 652 g/mol. The average Bonchev–Trinajstić information content (AvgIpc) is 3.41. The molecule has 1 amide bonds. The number of benzene rings is 1. The minimum Gasteiger partial charge on any atom is -0.423 e. The molecule has 1 unspecified atom stereocenters. The second kappa shape index (κ2) is 12.0. The van der Waals surface area contributed by atoms with E-state index in [9.17, 15) is 28.1 Å². The van der Waals surface area contributed by atoms with Crippen LogP contribution in [0, 0.1) is 5.41 Å². The van der Waals surface area contributed by atoms with Gasteiger partial charge in [0.25, 0.3) is 5.56 Å². The van der Waals surface area contributed by atoms with Gasteiger partial charge in [-0.2, -0.15) is 21.2 Å². The molecule has 0 saturated heterocycles. The Morgan fingerprint density at radius 3 is 2.44 bits per heavy atom. The van der Waals surface area contributed by atoms with Crippen molar-refractivity contribution < 1.29 is 32.5 Å². The molecule has 0 spiro atoms. The number of nitrogens with zero attached hydrogens (tertiary/aromatic N) is 4. The van der Waals surface area contributed by atoms with Gasteiger partial charge >= 0.3 is 13.5 Å². The molecule has 16 heteroatoms. The number of fused-ring (bicyclic) bond motifs is 1. The topological polar surface area (TPSA) is 173 Å². The van der Waals surface area contributed by atoms with E-state index in [1.807, 2.05) is 26.2 Å². The van der Waals surface area contributed by atoms with Crippen LogP contribution in [-0.4, -0.2) is 50.0 Å². The van der Waals surface area contributed by atoms with E-state index in [0.717, 1.165) is 17.5 Å². The van der Waals surface area contributed by atoms with Gasteiger partial charge in [0.1, 0.15) is 11.3 Å². The zero-order chi connectivity index (χ0) is 31.9. The van der Waals surface area contributed by atoms with Crippen molar-refractivity contribution in [2.75, 3.05) is 23.0 Å². The Kier molecular flexibility index (Phi) is 9.08. The number of anilines is 2. The molecule has 3 heterocycles. The maximum Gasteiger partial charge on any atom is 0.348 e. The van der Waals surface area contributed by atoms with E-state index in [1.165, 1.54) is 48.3 Å². The summed E-state index contributed by atoms with van der Waals surface area (Å²) in [6.45, 7) is 8.69. The fourth-order valence-electron chi connectivity index (χ4n) is 4.39. The first-order valence-corrected chi connectivity index (χ1v) is 17.5. The Hall–Kier alpha value is -3.33. The summed E-state index contributed by atoms with van der Waals surface area (Å²) in [7, 11) is -6.47. The molecular weight excluding hydrogens is 617 g/mol. The van der Waals surface area contributed by atoms with Crippen molar-refractivity contribution in [3.8, 4) is 17.0 Å². The number of ether oxygens (including phenoxy) is 1. The van der Waals surface area contributed by atoms with Crippen LogP contribution >= 0.6 is 29.6 Å². The summed E-state index contributed by atoms with van der Waals surface area (Å²) in [6, 6.07) is 5.96. The van der Waals surface area contributed by atoms with E-state index in [4.69, 9.17) is 9.26 Å². The van der Waals surface area contributed by atoms with Crippen LogP contribution in [-0.2, 0) is 25.2 Å². The lowest BCUT2D eigenvalue weighted by molar-refractivity contribution is -0.131. The van der Waals surface area contributed by atoms with Gasteiger partial charge in [0, 0.05) is 44.7 Å². The van der Waals surface area contributed by atoms with Crippen molar-refractivity contribution in [2.24, 2.45) is 10.2 Å². The third-order valence-corrected chi connectivity index (χ3v) is 10.1. The number of amides is 1. The summed E-state index contributed by atoms with van der Waals surface area (Å²) < 4.78 is 52.1. The lowest BCUT2D eigenvalue weighted by atomic mass is 9.92. The van der Waals surface area contributed by atoms with Crippen LogP contribution in [0.1, 0.15) is 46.6 Å². The highest BCUT2D eigenvalue weighted by Crippen LogP contribution is 2.53. The third-order valence-electron chi connectivity index (χ3n) is 6.35. The molecule has 1 atom stereocenters. The smallest absolute Gasteiger partial charge is 0.348 e. The van der Waals surface area contributed by atoms with Gasteiger partial charge < -0.3 is 14.6 Å². The monoisotopic (exact) mass is 651 g/mol. The molecule has 0 radical (unpaired) electrons. The Labute approximate surface area is 254 Å². The number of carbonyl (C=O) groups excluding carboxylic acids is 2. The predicted octanol–water partition coefficient (Wildman–Crippen LogP) is 5.32. The van der Waals surface area contributed by atoms with Crippen molar-refractivity contribution in [2.45, 2.75) is 47.6 Å². The summed E-state index contributed by atoms with van der Waals surface area (Å²) in [5.74, 6) is -1.68. The molecule has 1 aromatic carbocycles. The summed E-state index contributed by atoms with van der Waals surface area (Å²) in [5.41, 5.74) is 0.181. The minimum absolute atomic E-state index is 0.0281. The van der Waals surface area contributed by atoms with Crippen LogP contribution in [0.3, 0.4) is 0 Å². The van der Waals surface area contributed by atoms with E-state index in [2.05, 4.69) is 15.2 Å². The largest absolute Gasteiger partial charge is 0.423 e. The van der Waals surface area contributed by atoms with Gasteiger partial charge in [-0.1, -0.05) is 20.8 Å².